The summed E-state index contributed by atoms with van der Waals surface area (Å²) >= 11 is 1.79. The van der Waals surface area contributed by atoms with E-state index in [9.17, 15) is 0 Å². The Morgan fingerprint density at radius 3 is 2.69 bits per heavy atom. The van der Waals surface area contributed by atoms with Crippen LogP contribution in [0.2, 0.25) is 0 Å². The molecule has 0 unspecified atom stereocenters. The second-order valence-corrected chi connectivity index (χ2v) is 7.61. The molecule has 3 N–H and O–H groups in total. The summed E-state index contributed by atoms with van der Waals surface area (Å²) in [5, 5.41) is 8.91. The Morgan fingerprint density at radius 2 is 2.00 bits per heavy atom. The van der Waals surface area contributed by atoms with Crippen LogP contribution in [0.3, 0.4) is 0 Å². The van der Waals surface area contributed by atoms with Crippen molar-refractivity contribution in [3.8, 4) is 0 Å². The van der Waals surface area contributed by atoms with Crippen LogP contribution < -0.4 is 10.6 Å². The zero-order chi connectivity index (χ0) is 17.7. The number of hydrogen-bond donors (Lipinski definition) is 3. The minimum absolute atomic E-state index is 0. The summed E-state index contributed by atoms with van der Waals surface area (Å²) in [5.41, 5.74) is 2.17. The normalized spacial score (nSPS) is 12.0. The van der Waals surface area contributed by atoms with E-state index in [2.05, 4.69) is 57.0 Å². The number of aromatic amines is 1. The van der Waals surface area contributed by atoms with Crippen LogP contribution in [0, 0.1) is 0 Å². The first-order valence-corrected chi connectivity index (χ1v) is 9.38. The molecule has 0 aliphatic carbocycles. The van der Waals surface area contributed by atoms with E-state index in [-0.39, 0.29) is 29.4 Å². The fraction of sp³-hybridized carbons (Fsp3) is 0.368. The van der Waals surface area contributed by atoms with Crippen LogP contribution in [-0.2, 0) is 11.8 Å². The van der Waals surface area contributed by atoms with Gasteiger partial charge in [0, 0.05) is 36.9 Å². The fourth-order valence-corrected chi connectivity index (χ4v) is 3.55. The molecule has 0 atom stereocenters. The molecular weight excluding hydrogens is 457 g/mol. The molecule has 0 bridgehead atoms. The Kier molecular flexibility index (Phi) is 7.45. The molecule has 5 nitrogen and oxygen atoms in total. The van der Waals surface area contributed by atoms with Crippen molar-refractivity contribution in [1.82, 2.24) is 20.6 Å². The fourth-order valence-electron chi connectivity index (χ4n) is 2.70. The number of guanidine groups is 1. The number of benzene rings is 1. The highest BCUT2D eigenvalue weighted by atomic mass is 127. The largest absolute Gasteiger partial charge is 0.356 e. The summed E-state index contributed by atoms with van der Waals surface area (Å²) in [6, 6.07) is 12.4. The third-order valence-corrected chi connectivity index (χ3v) is 5.44. The van der Waals surface area contributed by atoms with Crippen LogP contribution in [0.1, 0.15) is 24.5 Å². The highest BCUT2D eigenvalue weighted by Crippen LogP contribution is 2.26. The van der Waals surface area contributed by atoms with E-state index in [4.69, 9.17) is 0 Å². The monoisotopic (exact) mass is 483 g/mol. The van der Waals surface area contributed by atoms with Gasteiger partial charge in [0.05, 0.1) is 11.0 Å². The highest BCUT2D eigenvalue weighted by Gasteiger charge is 2.21. The van der Waals surface area contributed by atoms with Crippen molar-refractivity contribution < 1.29 is 0 Å². The van der Waals surface area contributed by atoms with Crippen molar-refractivity contribution >= 4 is 52.3 Å². The Hall–Kier alpha value is -1.61. The maximum atomic E-state index is 4.60. The Balaban J connectivity index is 0.00000243. The molecule has 2 heterocycles. The Labute approximate surface area is 175 Å². The molecule has 0 saturated carbocycles. The molecule has 0 amide bonds. The molecule has 3 rings (SSSR count). The number of thiophene rings is 1. The third kappa shape index (κ3) is 5.20. The first-order chi connectivity index (χ1) is 12.1. The molecule has 140 valence electrons. The summed E-state index contributed by atoms with van der Waals surface area (Å²) in [5.74, 6) is 1.81. The third-order valence-electron chi connectivity index (χ3n) is 4.20. The molecule has 1 aromatic carbocycles. The van der Waals surface area contributed by atoms with E-state index >= 15 is 0 Å². The van der Waals surface area contributed by atoms with Gasteiger partial charge in [-0.3, -0.25) is 4.99 Å². The second-order valence-electron chi connectivity index (χ2n) is 6.66. The van der Waals surface area contributed by atoms with E-state index in [1.807, 2.05) is 24.3 Å². The molecule has 0 fully saturated rings. The minimum atomic E-state index is 0. The number of nitrogens with zero attached hydrogens (tertiary/aromatic N) is 2. The van der Waals surface area contributed by atoms with Crippen LogP contribution in [0.5, 0.6) is 0 Å². The quantitative estimate of drug-likeness (QED) is 0.283. The smallest absolute Gasteiger partial charge is 0.191 e. The summed E-state index contributed by atoms with van der Waals surface area (Å²) in [7, 11) is 1.80. The number of nitrogens with one attached hydrogen (secondary N) is 3. The molecule has 7 heteroatoms. The first kappa shape index (κ1) is 20.7. The predicted octanol–water partition coefficient (Wildman–Crippen LogP) is 3.93. The topological polar surface area (TPSA) is 65.1 Å². The SMILES string of the molecule is CN=C(NCCc1nc2ccccc2[nH]1)NCC(C)(C)c1cccs1.I. The van der Waals surface area contributed by atoms with Gasteiger partial charge in [0.2, 0.25) is 0 Å². The average molecular weight is 483 g/mol. The van der Waals surface area contributed by atoms with Crippen LogP contribution in [0.15, 0.2) is 46.8 Å². The van der Waals surface area contributed by atoms with Gasteiger partial charge in [-0.05, 0) is 23.6 Å². The summed E-state index contributed by atoms with van der Waals surface area (Å²) in [4.78, 5) is 13.6. The van der Waals surface area contributed by atoms with Crippen molar-refractivity contribution in [2.75, 3.05) is 20.1 Å². The van der Waals surface area contributed by atoms with E-state index in [0.717, 1.165) is 42.3 Å². The molecule has 0 saturated heterocycles. The van der Waals surface area contributed by atoms with Crippen molar-refractivity contribution in [3.05, 3.63) is 52.5 Å². The van der Waals surface area contributed by atoms with Gasteiger partial charge in [-0.15, -0.1) is 35.3 Å². The van der Waals surface area contributed by atoms with E-state index in [0.29, 0.717) is 0 Å². The van der Waals surface area contributed by atoms with Gasteiger partial charge in [-0.25, -0.2) is 4.98 Å². The van der Waals surface area contributed by atoms with Crippen LogP contribution in [0.4, 0.5) is 0 Å². The first-order valence-electron chi connectivity index (χ1n) is 8.50. The average Bonchev–Trinajstić information content (AvgIpc) is 3.27. The maximum absolute atomic E-state index is 4.60. The lowest BCUT2D eigenvalue weighted by Crippen LogP contribution is -2.43. The lowest BCUT2D eigenvalue weighted by Gasteiger charge is -2.25. The number of H-pyrrole nitrogens is 1. The standard InChI is InChI=1S/C19H25N5S.HI/c1-19(2,16-9-6-12-25-16)13-22-18(20-3)21-11-10-17-23-14-7-4-5-8-15(14)24-17;/h4-9,12H,10-11,13H2,1-3H3,(H,23,24)(H2,20,21,22);1H. The lowest BCUT2D eigenvalue weighted by atomic mass is 9.91. The lowest BCUT2D eigenvalue weighted by molar-refractivity contribution is 0.518. The van der Waals surface area contributed by atoms with Crippen LogP contribution in [0.25, 0.3) is 11.0 Å². The van der Waals surface area contributed by atoms with E-state index in [1.54, 1.807) is 18.4 Å². The molecule has 0 radical (unpaired) electrons. The summed E-state index contributed by atoms with van der Waals surface area (Å²) in [6.07, 6.45) is 0.823. The number of fused-ring (bicyclic) bond motifs is 1. The van der Waals surface area contributed by atoms with Crippen LogP contribution >= 0.6 is 35.3 Å². The number of para-hydroxylation sites is 2. The number of halogens is 1. The van der Waals surface area contributed by atoms with E-state index in [1.165, 1.54) is 4.88 Å². The summed E-state index contributed by atoms with van der Waals surface area (Å²) in [6.45, 7) is 6.10. The van der Waals surface area contributed by atoms with Gasteiger partial charge in [0.15, 0.2) is 5.96 Å². The van der Waals surface area contributed by atoms with Gasteiger partial charge in [-0.1, -0.05) is 32.0 Å². The molecule has 2 aromatic heterocycles. The summed E-state index contributed by atoms with van der Waals surface area (Å²) < 4.78 is 0. The zero-order valence-corrected chi connectivity index (χ0v) is 18.5. The van der Waals surface area contributed by atoms with Crippen molar-refractivity contribution in [3.63, 3.8) is 0 Å². The predicted molar refractivity (Wildman–Crippen MR) is 122 cm³/mol. The van der Waals surface area contributed by atoms with Crippen molar-refractivity contribution in [2.24, 2.45) is 4.99 Å². The number of aromatic nitrogens is 2. The van der Waals surface area contributed by atoms with Gasteiger partial charge in [0.1, 0.15) is 5.82 Å². The van der Waals surface area contributed by atoms with Gasteiger partial charge >= 0.3 is 0 Å². The minimum Gasteiger partial charge on any atom is -0.356 e. The molecular formula is C19H26IN5S. The molecule has 0 aliphatic heterocycles. The van der Waals surface area contributed by atoms with E-state index < -0.39 is 0 Å². The molecule has 0 aliphatic rings. The Bertz CT molecular complexity index is 806. The molecule has 3 aromatic rings. The second kappa shape index (κ2) is 9.36. The number of aliphatic imine (C=N–C) groups is 1. The van der Waals surface area contributed by atoms with Gasteiger partial charge < -0.3 is 15.6 Å². The van der Waals surface area contributed by atoms with Gasteiger partial charge in [-0.2, -0.15) is 0 Å². The maximum Gasteiger partial charge on any atom is 0.191 e. The van der Waals surface area contributed by atoms with Crippen LogP contribution in [-0.4, -0.2) is 36.1 Å². The highest BCUT2D eigenvalue weighted by molar-refractivity contribution is 14.0. The Morgan fingerprint density at radius 1 is 1.19 bits per heavy atom. The zero-order valence-electron chi connectivity index (χ0n) is 15.4. The van der Waals surface area contributed by atoms with Gasteiger partial charge in [0.25, 0.3) is 0 Å². The molecule has 26 heavy (non-hydrogen) atoms. The number of hydrogen-bond acceptors (Lipinski definition) is 3. The molecule has 0 spiro atoms. The number of imidazole rings is 1. The van der Waals surface area contributed by atoms with Crippen molar-refractivity contribution in [2.45, 2.75) is 25.7 Å². The van der Waals surface area contributed by atoms with Crippen molar-refractivity contribution in [1.29, 1.82) is 0 Å². The number of rotatable bonds is 6.